The molecule has 1 N–H and O–H groups in total. The number of rotatable bonds is 4. The highest BCUT2D eigenvalue weighted by molar-refractivity contribution is 6.30. The predicted octanol–water partition coefficient (Wildman–Crippen LogP) is 4.26. The third kappa shape index (κ3) is 3.24. The van der Waals surface area contributed by atoms with Crippen molar-refractivity contribution in [1.29, 1.82) is 0 Å². The van der Waals surface area contributed by atoms with E-state index < -0.39 is 0 Å². The zero-order valence-corrected chi connectivity index (χ0v) is 14.4. The Morgan fingerprint density at radius 2 is 1.88 bits per heavy atom. The lowest BCUT2D eigenvalue weighted by atomic mass is 10.1. The van der Waals surface area contributed by atoms with Crippen molar-refractivity contribution in [3.05, 3.63) is 58.7 Å². The molecule has 2 aromatic carbocycles. The molecule has 0 bridgehead atoms. The quantitative estimate of drug-likeness (QED) is 0.772. The van der Waals surface area contributed by atoms with Crippen LogP contribution in [0, 0.1) is 0 Å². The lowest BCUT2D eigenvalue weighted by molar-refractivity contribution is 0.0963. The molecule has 1 aromatic heterocycles. The van der Waals surface area contributed by atoms with Crippen LogP contribution in [0.3, 0.4) is 0 Å². The minimum Gasteiger partial charge on any atom is -0.355 e. The summed E-state index contributed by atoms with van der Waals surface area (Å²) in [7, 11) is 1.62. The van der Waals surface area contributed by atoms with Gasteiger partial charge in [-0.2, -0.15) is 0 Å². The number of amides is 1. The van der Waals surface area contributed by atoms with Crippen molar-refractivity contribution in [2.24, 2.45) is 0 Å². The van der Waals surface area contributed by atoms with Gasteiger partial charge in [0.2, 0.25) is 0 Å². The first-order chi connectivity index (χ1) is 11.6. The Kier molecular flexibility index (Phi) is 4.76. The molecule has 122 valence electrons. The molecule has 0 aliphatic rings. The number of hydrogen-bond donors (Lipinski definition) is 1. The van der Waals surface area contributed by atoms with E-state index in [1.807, 2.05) is 42.5 Å². The molecule has 0 unspecified atom stereocenters. The van der Waals surface area contributed by atoms with E-state index in [-0.39, 0.29) is 5.91 Å². The van der Waals surface area contributed by atoms with E-state index in [0.29, 0.717) is 16.4 Å². The predicted molar refractivity (Wildman–Crippen MR) is 97.4 cm³/mol. The van der Waals surface area contributed by atoms with Crippen LogP contribution in [-0.2, 0) is 6.42 Å². The number of carbonyl (C=O) groups is 1. The average molecular weight is 340 g/mol. The Morgan fingerprint density at radius 1 is 1.12 bits per heavy atom. The second-order valence-electron chi connectivity index (χ2n) is 5.56. The largest absolute Gasteiger partial charge is 0.355 e. The molecule has 0 fully saturated rings. The standard InChI is InChI=1S/C19H18ClN3O/c1-3-4-16-15-10-7-13(19(24)21-2)11-17(15)23-18(22-16)12-5-8-14(20)9-6-12/h5-11H,3-4H2,1-2H3,(H,21,24). The van der Waals surface area contributed by atoms with Gasteiger partial charge in [-0.25, -0.2) is 9.97 Å². The zero-order valence-electron chi connectivity index (χ0n) is 13.6. The van der Waals surface area contributed by atoms with E-state index in [1.165, 1.54) is 0 Å². The molecule has 0 spiro atoms. The third-order valence-electron chi connectivity index (χ3n) is 3.85. The fourth-order valence-corrected chi connectivity index (χ4v) is 2.76. The van der Waals surface area contributed by atoms with Crippen LogP contribution in [0.2, 0.25) is 5.02 Å². The van der Waals surface area contributed by atoms with Crippen LogP contribution in [0.1, 0.15) is 29.4 Å². The molecule has 24 heavy (non-hydrogen) atoms. The highest BCUT2D eigenvalue weighted by Gasteiger charge is 2.12. The Bertz CT molecular complexity index is 891. The number of fused-ring (bicyclic) bond motifs is 1. The second-order valence-corrected chi connectivity index (χ2v) is 6.00. The minimum absolute atomic E-state index is 0.124. The van der Waals surface area contributed by atoms with E-state index in [9.17, 15) is 4.79 Å². The number of hydrogen-bond acceptors (Lipinski definition) is 3. The number of aryl methyl sites for hydroxylation is 1. The lowest BCUT2D eigenvalue weighted by Gasteiger charge is -2.10. The molecule has 3 aromatic rings. The summed E-state index contributed by atoms with van der Waals surface area (Å²) in [5.41, 5.74) is 3.27. The van der Waals surface area contributed by atoms with Crippen molar-refractivity contribution in [3.63, 3.8) is 0 Å². The lowest BCUT2D eigenvalue weighted by Crippen LogP contribution is -2.17. The highest BCUT2D eigenvalue weighted by Crippen LogP contribution is 2.24. The number of carbonyl (C=O) groups excluding carboxylic acids is 1. The normalized spacial score (nSPS) is 10.8. The van der Waals surface area contributed by atoms with E-state index in [2.05, 4.69) is 17.2 Å². The summed E-state index contributed by atoms with van der Waals surface area (Å²) >= 11 is 5.96. The van der Waals surface area contributed by atoms with E-state index >= 15 is 0 Å². The molecule has 0 aliphatic heterocycles. The Labute approximate surface area is 145 Å². The van der Waals surface area contributed by atoms with Crippen LogP contribution >= 0.6 is 11.6 Å². The van der Waals surface area contributed by atoms with Crippen LogP contribution in [0.15, 0.2) is 42.5 Å². The van der Waals surface area contributed by atoms with Crippen LogP contribution < -0.4 is 5.32 Å². The molecule has 0 aliphatic carbocycles. The van der Waals surface area contributed by atoms with Crippen LogP contribution in [0.5, 0.6) is 0 Å². The molecule has 5 heteroatoms. The summed E-state index contributed by atoms with van der Waals surface area (Å²) in [5.74, 6) is 0.525. The van der Waals surface area contributed by atoms with Gasteiger partial charge in [0.05, 0.1) is 11.2 Å². The Hall–Kier alpha value is -2.46. The second kappa shape index (κ2) is 6.97. The van der Waals surface area contributed by atoms with Crippen LogP contribution in [-0.4, -0.2) is 22.9 Å². The van der Waals surface area contributed by atoms with E-state index in [4.69, 9.17) is 16.6 Å². The summed E-state index contributed by atoms with van der Waals surface area (Å²) in [5, 5.41) is 4.31. The van der Waals surface area contributed by atoms with E-state index in [1.54, 1.807) is 7.05 Å². The van der Waals surface area contributed by atoms with Gasteiger partial charge in [0.15, 0.2) is 5.82 Å². The van der Waals surface area contributed by atoms with Crippen molar-refractivity contribution in [1.82, 2.24) is 15.3 Å². The molecule has 0 radical (unpaired) electrons. The van der Waals surface area contributed by atoms with Gasteiger partial charge >= 0.3 is 0 Å². The fraction of sp³-hybridized carbons (Fsp3) is 0.211. The summed E-state index contributed by atoms with van der Waals surface area (Å²) in [6.07, 6.45) is 1.85. The van der Waals surface area contributed by atoms with Crippen molar-refractivity contribution >= 4 is 28.4 Å². The molecule has 1 amide bonds. The highest BCUT2D eigenvalue weighted by atomic mass is 35.5. The van der Waals surface area contributed by atoms with E-state index in [0.717, 1.165) is 35.0 Å². The molecule has 4 nitrogen and oxygen atoms in total. The van der Waals surface area contributed by atoms with Crippen molar-refractivity contribution < 1.29 is 4.79 Å². The van der Waals surface area contributed by atoms with Gasteiger partial charge in [0, 0.05) is 28.6 Å². The van der Waals surface area contributed by atoms with Gasteiger partial charge in [-0.15, -0.1) is 0 Å². The number of benzene rings is 2. The van der Waals surface area contributed by atoms with Gasteiger partial charge in [0.25, 0.3) is 5.91 Å². The maximum absolute atomic E-state index is 11.9. The van der Waals surface area contributed by atoms with Gasteiger partial charge in [0.1, 0.15) is 0 Å². The monoisotopic (exact) mass is 339 g/mol. The Morgan fingerprint density at radius 3 is 2.54 bits per heavy atom. The molecular weight excluding hydrogens is 322 g/mol. The van der Waals surface area contributed by atoms with Crippen molar-refractivity contribution in [3.8, 4) is 11.4 Å². The first kappa shape index (κ1) is 16.4. The number of nitrogens with zero attached hydrogens (tertiary/aromatic N) is 2. The van der Waals surface area contributed by atoms with Gasteiger partial charge in [-0.1, -0.05) is 31.0 Å². The molecule has 3 rings (SSSR count). The molecule has 0 saturated carbocycles. The molecular formula is C19H18ClN3O. The number of aromatic nitrogens is 2. The molecule has 0 saturated heterocycles. The summed E-state index contributed by atoms with van der Waals surface area (Å²) < 4.78 is 0. The third-order valence-corrected chi connectivity index (χ3v) is 4.11. The smallest absolute Gasteiger partial charge is 0.251 e. The maximum atomic E-state index is 11.9. The number of halogens is 1. The van der Waals surface area contributed by atoms with Crippen LogP contribution in [0.4, 0.5) is 0 Å². The van der Waals surface area contributed by atoms with Gasteiger partial charge < -0.3 is 5.32 Å². The topological polar surface area (TPSA) is 54.9 Å². The average Bonchev–Trinajstić information content (AvgIpc) is 2.61. The van der Waals surface area contributed by atoms with Gasteiger partial charge in [-0.3, -0.25) is 4.79 Å². The van der Waals surface area contributed by atoms with Gasteiger partial charge in [-0.05, 0) is 42.8 Å². The first-order valence-corrected chi connectivity index (χ1v) is 8.29. The Balaban J connectivity index is 2.19. The molecule has 0 atom stereocenters. The van der Waals surface area contributed by atoms with Crippen molar-refractivity contribution in [2.45, 2.75) is 19.8 Å². The number of nitrogens with one attached hydrogen (secondary N) is 1. The summed E-state index contributed by atoms with van der Waals surface area (Å²) in [4.78, 5) is 21.3. The SMILES string of the molecule is CCCc1nc(-c2ccc(Cl)cc2)nc2cc(C(=O)NC)ccc12. The van der Waals surface area contributed by atoms with Crippen LogP contribution in [0.25, 0.3) is 22.3 Å². The summed E-state index contributed by atoms with van der Waals surface area (Å²) in [6, 6.07) is 13.0. The first-order valence-electron chi connectivity index (χ1n) is 7.91. The fourth-order valence-electron chi connectivity index (χ4n) is 2.64. The molecule has 1 heterocycles. The maximum Gasteiger partial charge on any atom is 0.251 e. The minimum atomic E-state index is -0.124. The summed E-state index contributed by atoms with van der Waals surface area (Å²) in [6.45, 7) is 2.12. The van der Waals surface area contributed by atoms with Crippen molar-refractivity contribution in [2.75, 3.05) is 7.05 Å². The zero-order chi connectivity index (χ0) is 17.1.